The Bertz CT molecular complexity index is 1270. The highest BCUT2D eigenvalue weighted by atomic mass is 31.2. The van der Waals surface area contributed by atoms with Crippen LogP contribution in [0.2, 0.25) is 0 Å². The Labute approximate surface area is 466 Å². The van der Waals surface area contributed by atoms with Crippen LogP contribution in [0.25, 0.3) is 0 Å². The number of carbonyl (C=O) groups excluding carboxylic acids is 2. The van der Waals surface area contributed by atoms with Gasteiger partial charge in [0.05, 0.1) is 27.7 Å². The van der Waals surface area contributed by atoms with E-state index in [2.05, 4.69) is 26.0 Å². The second kappa shape index (κ2) is 57.4. The Morgan fingerprint density at radius 2 is 0.680 bits per heavy atom. The molecule has 2 atom stereocenters. The zero-order chi connectivity index (χ0) is 54.9. The van der Waals surface area contributed by atoms with Crippen molar-refractivity contribution >= 4 is 19.8 Å². The van der Waals surface area contributed by atoms with Crippen molar-refractivity contribution in [1.82, 2.24) is 0 Å². The molecule has 446 valence electrons. The first-order chi connectivity index (χ1) is 36.5. The first-order valence-corrected chi connectivity index (χ1v) is 34.4. The largest absolute Gasteiger partial charge is 0.756 e. The highest BCUT2D eigenvalue weighted by molar-refractivity contribution is 7.45. The monoisotopic (exact) mass is 1080 g/mol. The fourth-order valence-electron chi connectivity index (χ4n) is 9.95. The van der Waals surface area contributed by atoms with Gasteiger partial charge in [-0.25, -0.2) is 0 Å². The number of phosphoric acid groups is 1. The molecule has 10 heteroatoms. The van der Waals surface area contributed by atoms with Crippen LogP contribution in [0.1, 0.15) is 341 Å². The van der Waals surface area contributed by atoms with Crippen molar-refractivity contribution in [2.75, 3.05) is 47.5 Å². The number of phosphoric ester groups is 1. The Hall–Kier alpha value is -1.25. The molecule has 0 aliphatic carbocycles. The van der Waals surface area contributed by atoms with Crippen LogP contribution < -0.4 is 4.89 Å². The second-order valence-corrected chi connectivity index (χ2v) is 25.3. The first kappa shape index (κ1) is 73.8. The molecule has 2 unspecified atom stereocenters. The van der Waals surface area contributed by atoms with Crippen LogP contribution in [-0.4, -0.2) is 70.0 Å². The summed E-state index contributed by atoms with van der Waals surface area (Å²) >= 11 is 0. The van der Waals surface area contributed by atoms with Gasteiger partial charge in [0.25, 0.3) is 7.82 Å². The highest BCUT2D eigenvalue weighted by Gasteiger charge is 2.22. The molecule has 0 bridgehead atoms. The molecule has 0 saturated carbocycles. The number of rotatable bonds is 62. The van der Waals surface area contributed by atoms with Crippen LogP contribution in [0, 0.1) is 0 Å². The lowest BCUT2D eigenvalue weighted by molar-refractivity contribution is -0.870. The molecule has 0 aliphatic heterocycles. The van der Waals surface area contributed by atoms with E-state index in [0.29, 0.717) is 17.4 Å². The molecule has 0 aromatic heterocycles. The van der Waals surface area contributed by atoms with Gasteiger partial charge in [-0.05, 0) is 38.5 Å². The number of esters is 2. The fourth-order valence-corrected chi connectivity index (χ4v) is 10.7. The van der Waals surface area contributed by atoms with Gasteiger partial charge in [-0.15, -0.1) is 0 Å². The van der Waals surface area contributed by atoms with Crippen LogP contribution in [0.5, 0.6) is 0 Å². The molecule has 0 rings (SSSR count). The van der Waals surface area contributed by atoms with E-state index < -0.39 is 26.5 Å². The van der Waals surface area contributed by atoms with Crippen molar-refractivity contribution in [3.63, 3.8) is 0 Å². The van der Waals surface area contributed by atoms with Crippen molar-refractivity contribution < 1.29 is 42.1 Å². The average Bonchev–Trinajstić information content (AvgIpc) is 3.37. The van der Waals surface area contributed by atoms with E-state index in [0.717, 1.165) is 57.8 Å². The third-order valence-corrected chi connectivity index (χ3v) is 16.0. The summed E-state index contributed by atoms with van der Waals surface area (Å²) in [7, 11) is 1.18. The van der Waals surface area contributed by atoms with E-state index in [-0.39, 0.29) is 32.0 Å². The summed E-state index contributed by atoms with van der Waals surface area (Å²) in [5.41, 5.74) is 0. The quantitative estimate of drug-likeness (QED) is 0.0195. The van der Waals surface area contributed by atoms with Gasteiger partial charge in [0.2, 0.25) is 0 Å². The zero-order valence-corrected chi connectivity index (χ0v) is 51.7. The maximum absolute atomic E-state index is 12.7. The molecular formula is C65H128NO8P. The number of carbonyl (C=O) groups is 2. The van der Waals surface area contributed by atoms with E-state index >= 15 is 0 Å². The van der Waals surface area contributed by atoms with Crippen molar-refractivity contribution in [3.8, 4) is 0 Å². The van der Waals surface area contributed by atoms with E-state index in [1.807, 2.05) is 21.1 Å². The normalized spacial score (nSPS) is 13.2. The van der Waals surface area contributed by atoms with Crippen molar-refractivity contribution in [2.45, 2.75) is 347 Å². The highest BCUT2D eigenvalue weighted by Crippen LogP contribution is 2.38. The molecule has 0 aliphatic rings. The Balaban J connectivity index is 3.78. The maximum Gasteiger partial charge on any atom is 0.306 e. The zero-order valence-electron chi connectivity index (χ0n) is 50.8. The number of unbranched alkanes of at least 4 members (excludes halogenated alkanes) is 46. The molecule has 0 aromatic rings. The molecule has 0 fully saturated rings. The third kappa shape index (κ3) is 61.8. The van der Waals surface area contributed by atoms with Crippen LogP contribution in [0.4, 0.5) is 0 Å². The molecule has 0 saturated heterocycles. The lowest BCUT2D eigenvalue weighted by Gasteiger charge is -2.28. The maximum atomic E-state index is 12.7. The molecule has 75 heavy (non-hydrogen) atoms. The van der Waals surface area contributed by atoms with Crippen molar-refractivity contribution in [2.24, 2.45) is 0 Å². The predicted octanol–water partition coefficient (Wildman–Crippen LogP) is 20.1. The smallest absolute Gasteiger partial charge is 0.306 e. The molecule has 0 heterocycles. The predicted molar refractivity (Wildman–Crippen MR) is 319 cm³/mol. The summed E-state index contributed by atoms with van der Waals surface area (Å²) in [6, 6.07) is 0. The minimum Gasteiger partial charge on any atom is -0.756 e. The topological polar surface area (TPSA) is 111 Å². The van der Waals surface area contributed by atoms with Gasteiger partial charge in [-0.1, -0.05) is 302 Å². The van der Waals surface area contributed by atoms with Gasteiger partial charge in [0.15, 0.2) is 6.10 Å². The Morgan fingerprint density at radius 3 is 1.01 bits per heavy atom. The van der Waals surface area contributed by atoms with Gasteiger partial charge in [0, 0.05) is 12.8 Å². The molecule has 0 spiro atoms. The molecular weight excluding hydrogens is 954 g/mol. The summed E-state index contributed by atoms with van der Waals surface area (Å²) in [6.07, 6.45) is 69.0. The van der Waals surface area contributed by atoms with Gasteiger partial charge in [0.1, 0.15) is 19.8 Å². The summed E-state index contributed by atoms with van der Waals surface area (Å²) in [4.78, 5) is 37.8. The Morgan fingerprint density at radius 1 is 0.400 bits per heavy atom. The molecule has 0 aromatic carbocycles. The number of hydrogen-bond acceptors (Lipinski definition) is 8. The lowest BCUT2D eigenvalue weighted by atomic mass is 10.0. The van der Waals surface area contributed by atoms with Gasteiger partial charge >= 0.3 is 11.9 Å². The number of hydrogen-bond donors (Lipinski definition) is 0. The van der Waals surface area contributed by atoms with Gasteiger partial charge in [-0.2, -0.15) is 0 Å². The summed E-state index contributed by atoms with van der Waals surface area (Å²) in [5, 5.41) is 0. The van der Waals surface area contributed by atoms with E-state index in [9.17, 15) is 19.0 Å². The van der Waals surface area contributed by atoms with E-state index in [4.69, 9.17) is 18.5 Å². The average molecular weight is 1080 g/mol. The molecule has 0 radical (unpaired) electrons. The fraction of sp³-hybridized carbons (Fsp3) is 0.938. The summed E-state index contributed by atoms with van der Waals surface area (Å²) in [6.45, 7) is 4.25. The number of likely N-dealkylation sites (N-methyl/N-ethyl adjacent to an activating group) is 1. The van der Waals surface area contributed by atoms with Crippen LogP contribution in [-0.2, 0) is 32.7 Å². The van der Waals surface area contributed by atoms with Crippen LogP contribution in [0.3, 0.4) is 0 Å². The minimum atomic E-state index is -4.63. The molecule has 0 amide bonds. The SMILES string of the molecule is CCCCC/C=C\CCCCCCCC(=O)OC(COC(=O)CCCCCCCCCCCCCCCCCCCCCCCCCCCCCCCCCCCCCCCCC)COP(=O)([O-])OCC[N+](C)(C)C. The minimum absolute atomic E-state index is 0.0290. The number of allylic oxidation sites excluding steroid dienone is 2. The number of nitrogens with zero attached hydrogens (tertiary/aromatic N) is 1. The molecule has 0 N–H and O–H groups in total. The second-order valence-electron chi connectivity index (χ2n) is 23.8. The standard InChI is InChI=1S/C65H128NO8P/c1-6-8-10-12-14-16-18-20-21-22-23-24-25-26-27-28-29-30-31-32-33-34-35-36-37-38-39-40-41-42-43-44-45-46-48-49-51-53-55-57-64(67)71-61-63(62-73-75(69,70)72-60-59-66(3,4)5)74-65(68)58-56-54-52-50-47-19-17-15-13-11-9-7-2/h15,17,63H,6-14,16,18-62H2,1-5H3/b17-15-. The first-order valence-electron chi connectivity index (χ1n) is 32.9. The van der Waals surface area contributed by atoms with E-state index in [1.165, 1.54) is 250 Å². The lowest BCUT2D eigenvalue weighted by Crippen LogP contribution is -2.37. The van der Waals surface area contributed by atoms with E-state index in [1.54, 1.807) is 0 Å². The Kier molecular flexibility index (Phi) is 56.5. The van der Waals surface area contributed by atoms with Crippen LogP contribution >= 0.6 is 7.82 Å². The van der Waals surface area contributed by atoms with Gasteiger partial charge < -0.3 is 27.9 Å². The number of ether oxygens (including phenoxy) is 2. The summed E-state index contributed by atoms with van der Waals surface area (Å²) < 4.78 is 34.1. The van der Waals surface area contributed by atoms with Crippen molar-refractivity contribution in [1.29, 1.82) is 0 Å². The van der Waals surface area contributed by atoms with Crippen molar-refractivity contribution in [3.05, 3.63) is 12.2 Å². The van der Waals surface area contributed by atoms with Crippen LogP contribution in [0.15, 0.2) is 12.2 Å². The van der Waals surface area contributed by atoms with Gasteiger partial charge in [-0.3, -0.25) is 14.2 Å². The number of quaternary nitrogens is 1. The summed E-state index contributed by atoms with van der Waals surface area (Å²) in [5.74, 6) is -0.827. The molecule has 9 nitrogen and oxygen atoms in total. The third-order valence-electron chi connectivity index (χ3n) is 15.0.